The van der Waals surface area contributed by atoms with Crippen LogP contribution in [0.1, 0.15) is 30.2 Å². The fourth-order valence-electron chi connectivity index (χ4n) is 1.70. The van der Waals surface area contributed by atoms with Crippen molar-refractivity contribution in [3.8, 4) is 5.69 Å². The summed E-state index contributed by atoms with van der Waals surface area (Å²) in [6.07, 6.45) is -0.473. The molecule has 1 aromatic carbocycles. The maximum Gasteiger partial charge on any atom is 0.148 e. The van der Waals surface area contributed by atoms with Crippen molar-refractivity contribution in [2.24, 2.45) is 0 Å². The second-order valence-electron chi connectivity index (χ2n) is 4.00. The highest BCUT2D eigenvalue weighted by Crippen LogP contribution is 2.25. The normalized spacial score (nSPS) is 12.8. The van der Waals surface area contributed by atoms with Crippen molar-refractivity contribution in [3.05, 3.63) is 39.9 Å². The smallest absolute Gasteiger partial charge is 0.148 e. The fraction of sp³-hybridized carbons (Fsp3) is 0.333. The first-order chi connectivity index (χ1) is 7.99. The van der Waals surface area contributed by atoms with Gasteiger partial charge in [-0.05, 0) is 54.4 Å². The molecule has 0 saturated carbocycles. The van der Waals surface area contributed by atoms with Gasteiger partial charge in [-0.15, -0.1) is 0 Å². The molecule has 1 heterocycles. The van der Waals surface area contributed by atoms with E-state index in [4.69, 9.17) is 0 Å². The third-order valence-electron chi connectivity index (χ3n) is 2.56. The van der Waals surface area contributed by atoms with Crippen molar-refractivity contribution in [2.75, 3.05) is 0 Å². The second kappa shape index (κ2) is 4.58. The standard InChI is InChI=1S/C12H14BrN3O/c1-7(17)10-4-5-12(11(13)6-10)16-9(3)14-8(2)15-16/h4-7,17H,1-3H3/t7-/m1/s1. The summed E-state index contributed by atoms with van der Waals surface area (Å²) in [6.45, 7) is 5.52. The predicted molar refractivity (Wildman–Crippen MR) is 69.2 cm³/mol. The summed E-state index contributed by atoms with van der Waals surface area (Å²) in [5.74, 6) is 1.59. The molecule has 0 radical (unpaired) electrons. The highest BCUT2D eigenvalue weighted by Gasteiger charge is 2.10. The largest absolute Gasteiger partial charge is 0.389 e. The molecule has 2 rings (SSSR count). The van der Waals surface area contributed by atoms with Gasteiger partial charge in [0.2, 0.25) is 0 Å². The fourth-order valence-corrected chi connectivity index (χ4v) is 2.27. The maximum absolute atomic E-state index is 9.51. The van der Waals surface area contributed by atoms with Crippen LogP contribution in [-0.2, 0) is 0 Å². The Labute approximate surface area is 108 Å². The molecule has 1 N–H and O–H groups in total. The number of rotatable bonds is 2. The zero-order chi connectivity index (χ0) is 12.6. The molecular weight excluding hydrogens is 282 g/mol. The summed E-state index contributed by atoms with van der Waals surface area (Å²) in [5, 5.41) is 13.8. The zero-order valence-electron chi connectivity index (χ0n) is 9.98. The number of benzene rings is 1. The lowest BCUT2D eigenvalue weighted by Crippen LogP contribution is -2.01. The van der Waals surface area contributed by atoms with Crippen LogP contribution in [0, 0.1) is 13.8 Å². The van der Waals surface area contributed by atoms with Gasteiger partial charge in [-0.2, -0.15) is 5.10 Å². The van der Waals surface area contributed by atoms with Gasteiger partial charge < -0.3 is 5.11 Å². The number of hydrogen-bond donors (Lipinski definition) is 1. The Hall–Kier alpha value is -1.20. The zero-order valence-corrected chi connectivity index (χ0v) is 11.6. The van der Waals surface area contributed by atoms with Crippen LogP contribution in [0.4, 0.5) is 0 Å². The molecule has 0 aliphatic rings. The molecule has 0 aliphatic heterocycles. The Bertz CT molecular complexity index is 549. The molecule has 0 saturated heterocycles. The highest BCUT2D eigenvalue weighted by atomic mass is 79.9. The molecule has 17 heavy (non-hydrogen) atoms. The van der Waals surface area contributed by atoms with Crippen molar-refractivity contribution >= 4 is 15.9 Å². The van der Waals surface area contributed by atoms with E-state index in [1.807, 2.05) is 32.0 Å². The van der Waals surface area contributed by atoms with Gasteiger partial charge in [-0.25, -0.2) is 9.67 Å². The molecule has 5 heteroatoms. The molecule has 1 aromatic heterocycles. The third-order valence-corrected chi connectivity index (χ3v) is 3.19. The molecule has 0 bridgehead atoms. The van der Waals surface area contributed by atoms with Crippen LogP contribution in [0.15, 0.2) is 22.7 Å². The van der Waals surface area contributed by atoms with E-state index in [0.717, 1.165) is 27.4 Å². The molecule has 90 valence electrons. The van der Waals surface area contributed by atoms with E-state index in [-0.39, 0.29) is 0 Å². The highest BCUT2D eigenvalue weighted by molar-refractivity contribution is 9.10. The topological polar surface area (TPSA) is 50.9 Å². The molecule has 2 aromatic rings. The van der Waals surface area contributed by atoms with Gasteiger partial charge in [-0.3, -0.25) is 0 Å². The van der Waals surface area contributed by atoms with Crippen LogP contribution in [-0.4, -0.2) is 19.9 Å². The van der Waals surface area contributed by atoms with Crippen molar-refractivity contribution < 1.29 is 5.11 Å². The number of aryl methyl sites for hydroxylation is 2. The second-order valence-corrected chi connectivity index (χ2v) is 4.86. The Balaban J connectivity index is 2.50. The number of aliphatic hydroxyl groups excluding tert-OH is 1. The molecule has 0 aliphatic carbocycles. The quantitative estimate of drug-likeness (QED) is 0.927. The van der Waals surface area contributed by atoms with E-state index in [2.05, 4.69) is 26.0 Å². The van der Waals surface area contributed by atoms with Crippen LogP contribution < -0.4 is 0 Å². The number of halogens is 1. The average Bonchev–Trinajstić information content (AvgIpc) is 2.57. The number of hydrogen-bond acceptors (Lipinski definition) is 3. The van der Waals surface area contributed by atoms with Crippen LogP contribution in [0.25, 0.3) is 5.69 Å². The Morgan fingerprint density at radius 2 is 2.06 bits per heavy atom. The summed E-state index contributed by atoms with van der Waals surface area (Å²) < 4.78 is 2.68. The summed E-state index contributed by atoms with van der Waals surface area (Å²) in [6, 6.07) is 5.71. The van der Waals surface area contributed by atoms with E-state index in [0.29, 0.717) is 0 Å². The van der Waals surface area contributed by atoms with Crippen molar-refractivity contribution in [3.63, 3.8) is 0 Å². The summed E-state index contributed by atoms with van der Waals surface area (Å²) in [5.41, 5.74) is 1.79. The summed E-state index contributed by atoms with van der Waals surface area (Å²) >= 11 is 3.50. The van der Waals surface area contributed by atoms with Gasteiger partial charge in [0.05, 0.1) is 11.8 Å². The molecule has 0 fully saturated rings. The minimum absolute atomic E-state index is 0.473. The van der Waals surface area contributed by atoms with Gasteiger partial charge in [0.25, 0.3) is 0 Å². The first-order valence-electron chi connectivity index (χ1n) is 5.37. The van der Waals surface area contributed by atoms with E-state index in [1.165, 1.54) is 0 Å². The molecule has 4 nitrogen and oxygen atoms in total. The molecule has 0 amide bonds. The number of aliphatic hydroxyl groups is 1. The average molecular weight is 296 g/mol. The first kappa shape index (κ1) is 12.3. The monoisotopic (exact) mass is 295 g/mol. The third kappa shape index (κ3) is 2.40. The minimum Gasteiger partial charge on any atom is -0.389 e. The Kier molecular flexibility index (Phi) is 3.31. The van der Waals surface area contributed by atoms with E-state index in [9.17, 15) is 5.11 Å². The number of nitrogens with zero attached hydrogens (tertiary/aromatic N) is 3. The Morgan fingerprint density at radius 1 is 1.35 bits per heavy atom. The van der Waals surface area contributed by atoms with Crippen LogP contribution >= 0.6 is 15.9 Å². The lowest BCUT2D eigenvalue weighted by atomic mass is 10.1. The Morgan fingerprint density at radius 3 is 2.53 bits per heavy atom. The van der Waals surface area contributed by atoms with Gasteiger partial charge in [0.1, 0.15) is 11.6 Å². The van der Waals surface area contributed by atoms with Crippen LogP contribution in [0.3, 0.4) is 0 Å². The van der Waals surface area contributed by atoms with Gasteiger partial charge >= 0.3 is 0 Å². The van der Waals surface area contributed by atoms with Crippen molar-refractivity contribution in [1.82, 2.24) is 14.8 Å². The number of aromatic nitrogens is 3. The summed E-state index contributed by atoms with van der Waals surface area (Å²) in [7, 11) is 0. The molecule has 1 atom stereocenters. The lowest BCUT2D eigenvalue weighted by molar-refractivity contribution is 0.199. The van der Waals surface area contributed by atoms with E-state index < -0.39 is 6.10 Å². The molecular formula is C12H14BrN3O. The van der Waals surface area contributed by atoms with Crippen molar-refractivity contribution in [2.45, 2.75) is 26.9 Å². The maximum atomic E-state index is 9.51. The van der Waals surface area contributed by atoms with E-state index >= 15 is 0 Å². The SMILES string of the molecule is Cc1nc(C)n(-c2ccc([C@@H](C)O)cc2Br)n1. The van der Waals surface area contributed by atoms with Crippen LogP contribution in [0.5, 0.6) is 0 Å². The minimum atomic E-state index is -0.473. The summed E-state index contributed by atoms with van der Waals surface area (Å²) in [4.78, 5) is 4.27. The predicted octanol–water partition coefficient (Wildman–Crippen LogP) is 2.70. The van der Waals surface area contributed by atoms with Gasteiger partial charge in [0, 0.05) is 4.47 Å². The van der Waals surface area contributed by atoms with Crippen molar-refractivity contribution in [1.29, 1.82) is 0 Å². The first-order valence-corrected chi connectivity index (χ1v) is 6.16. The lowest BCUT2D eigenvalue weighted by Gasteiger charge is -2.09. The molecule has 0 spiro atoms. The molecule has 0 unspecified atom stereocenters. The van der Waals surface area contributed by atoms with E-state index in [1.54, 1.807) is 11.6 Å². The van der Waals surface area contributed by atoms with Gasteiger partial charge in [0.15, 0.2) is 0 Å². The van der Waals surface area contributed by atoms with Gasteiger partial charge in [-0.1, -0.05) is 6.07 Å². The van der Waals surface area contributed by atoms with Crippen LogP contribution in [0.2, 0.25) is 0 Å².